The summed E-state index contributed by atoms with van der Waals surface area (Å²) in [5.41, 5.74) is -0.376. The van der Waals surface area contributed by atoms with Crippen LogP contribution in [0.2, 0.25) is 0 Å². The van der Waals surface area contributed by atoms with E-state index in [1.807, 2.05) is 0 Å². The number of hydrogen-bond donors (Lipinski definition) is 2. The van der Waals surface area contributed by atoms with Gasteiger partial charge < -0.3 is 10.6 Å². The van der Waals surface area contributed by atoms with Gasteiger partial charge in [0.05, 0.1) is 23.7 Å². The Hall–Kier alpha value is -2.42. The molecule has 1 aromatic heterocycles. The van der Waals surface area contributed by atoms with Gasteiger partial charge in [-0.25, -0.2) is 9.97 Å². The molecule has 1 aromatic carbocycles. The highest BCUT2D eigenvalue weighted by molar-refractivity contribution is 5.91. The summed E-state index contributed by atoms with van der Waals surface area (Å²) in [7, 11) is 0. The summed E-state index contributed by atoms with van der Waals surface area (Å²) in [6.07, 6.45) is 9.14. The number of hydrogen-bond acceptors (Lipinski definition) is 5. The van der Waals surface area contributed by atoms with E-state index in [9.17, 15) is 18.0 Å². The standard InChI is InChI=1S/C26H34F3N5O/c27-26(28,29)19-8-11-23-22(12-19)25(32-16-31-23)30-13-24(35)33-20-14-34(15-20)21-9-6-18(7-10-21)17-4-2-1-3-5-17/h8,11-12,16-18,20-21H,1-7,9-10,13-15H2,(H,33,35)(H,30,31,32). The first kappa shape index (κ1) is 24.3. The zero-order valence-electron chi connectivity index (χ0n) is 20.0. The van der Waals surface area contributed by atoms with E-state index in [-0.39, 0.29) is 29.7 Å². The summed E-state index contributed by atoms with van der Waals surface area (Å²) < 4.78 is 39.3. The molecule has 1 amide bonds. The van der Waals surface area contributed by atoms with Crippen molar-refractivity contribution in [1.29, 1.82) is 0 Å². The molecule has 3 aliphatic rings. The van der Waals surface area contributed by atoms with Crippen molar-refractivity contribution in [2.75, 3.05) is 25.0 Å². The lowest BCUT2D eigenvalue weighted by Gasteiger charge is -2.47. The number of benzene rings is 1. The molecule has 0 atom stereocenters. The zero-order chi connectivity index (χ0) is 24.4. The second-order valence-corrected chi connectivity index (χ2v) is 10.5. The third-order valence-corrected chi connectivity index (χ3v) is 8.23. The first-order chi connectivity index (χ1) is 16.9. The summed E-state index contributed by atoms with van der Waals surface area (Å²) in [6.45, 7) is 1.69. The van der Waals surface area contributed by atoms with E-state index in [2.05, 4.69) is 25.5 Å². The number of halogens is 3. The molecular weight excluding hydrogens is 455 g/mol. The first-order valence-electron chi connectivity index (χ1n) is 13.0. The van der Waals surface area contributed by atoms with Crippen LogP contribution in [0.3, 0.4) is 0 Å². The average Bonchev–Trinajstić information content (AvgIpc) is 2.84. The summed E-state index contributed by atoms with van der Waals surface area (Å²) in [4.78, 5) is 23.0. The number of alkyl halides is 3. The fourth-order valence-corrected chi connectivity index (χ4v) is 6.26. The molecule has 9 heteroatoms. The second-order valence-electron chi connectivity index (χ2n) is 10.5. The maximum absolute atomic E-state index is 13.1. The van der Waals surface area contributed by atoms with Gasteiger partial charge in [0.2, 0.25) is 5.91 Å². The lowest BCUT2D eigenvalue weighted by atomic mass is 9.72. The van der Waals surface area contributed by atoms with E-state index in [0.29, 0.717) is 11.6 Å². The molecule has 0 unspecified atom stereocenters. The van der Waals surface area contributed by atoms with Crippen LogP contribution in [-0.4, -0.2) is 52.5 Å². The van der Waals surface area contributed by atoms with Gasteiger partial charge in [0, 0.05) is 24.5 Å². The normalized spacial score (nSPS) is 24.8. The van der Waals surface area contributed by atoms with E-state index < -0.39 is 11.7 Å². The van der Waals surface area contributed by atoms with Crippen molar-refractivity contribution >= 4 is 22.6 Å². The maximum atomic E-state index is 13.1. The molecule has 190 valence electrons. The van der Waals surface area contributed by atoms with E-state index in [1.54, 1.807) is 0 Å². The average molecular weight is 490 g/mol. The van der Waals surface area contributed by atoms with Gasteiger partial charge in [0.15, 0.2) is 0 Å². The third kappa shape index (κ3) is 5.71. The molecule has 0 bridgehead atoms. The lowest BCUT2D eigenvalue weighted by Crippen LogP contribution is -2.63. The first-order valence-corrected chi connectivity index (χ1v) is 13.0. The third-order valence-electron chi connectivity index (χ3n) is 8.23. The molecule has 2 heterocycles. The van der Waals surface area contributed by atoms with Crippen molar-refractivity contribution in [2.45, 2.75) is 76.0 Å². The summed E-state index contributed by atoms with van der Waals surface area (Å²) >= 11 is 0. The van der Waals surface area contributed by atoms with Crippen molar-refractivity contribution in [3.8, 4) is 0 Å². The highest BCUT2D eigenvalue weighted by atomic mass is 19.4. The Balaban J connectivity index is 1.06. The molecule has 1 saturated heterocycles. The van der Waals surface area contributed by atoms with Crippen LogP contribution in [0.25, 0.3) is 10.9 Å². The van der Waals surface area contributed by atoms with Crippen LogP contribution < -0.4 is 10.6 Å². The number of amides is 1. The molecule has 0 spiro atoms. The van der Waals surface area contributed by atoms with E-state index in [4.69, 9.17) is 0 Å². The molecule has 3 fully saturated rings. The number of rotatable bonds is 6. The molecule has 1 aliphatic heterocycles. The van der Waals surface area contributed by atoms with Crippen LogP contribution in [0.5, 0.6) is 0 Å². The Morgan fingerprint density at radius 2 is 1.69 bits per heavy atom. The monoisotopic (exact) mass is 489 g/mol. The van der Waals surface area contributed by atoms with Gasteiger partial charge in [-0.3, -0.25) is 9.69 Å². The number of carbonyl (C=O) groups is 1. The Morgan fingerprint density at radius 1 is 0.971 bits per heavy atom. The molecule has 2 N–H and O–H groups in total. The highest BCUT2D eigenvalue weighted by Crippen LogP contribution is 2.40. The van der Waals surface area contributed by atoms with Gasteiger partial charge in [0.25, 0.3) is 0 Å². The molecule has 5 rings (SSSR count). The van der Waals surface area contributed by atoms with Gasteiger partial charge in [-0.05, 0) is 55.7 Å². The maximum Gasteiger partial charge on any atom is 0.416 e. The SMILES string of the molecule is O=C(CNc1ncnc2ccc(C(F)(F)F)cc12)NC1CN(C2CCC(C3CCCCC3)CC2)C1. The van der Waals surface area contributed by atoms with Gasteiger partial charge >= 0.3 is 6.18 Å². The number of aromatic nitrogens is 2. The molecular formula is C26H34F3N5O. The fraction of sp³-hybridized carbons (Fsp3) is 0.654. The molecule has 2 aliphatic carbocycles. The molecule has 2 aromatic rings. The topological polar surface area (TPSA) is 70.1 Å². The van der Waals surface area contributed by atoms with Crippen LogP contribution in [0.4, 0.5) is 19.0 Å². The summed E-state index contributed by atoms with van der Waals surface area (Å²) in [6, 6.07) is 4.09. The van der Waals surface area contributed by atoms with Crippen molar-refractivity contribution in [2.24, 2.45) is 11.8 Å². The van der Waals surface area contributed by atoms with E-state index in [1.165, 1.54) is 70.2 Å². The van der Waals surface area contributed by atoms with Crippen LogP contribution >= 0.6 is 0 Å². The fourth-order valence-electron chi connectivity index (χ4n) is 6.26. The predicted octanol–water partition coefficient (Wildman–Crippen LogP) is 5.00. The number of carbonyl (C=O) groups excluding carboxylic acids is 1. The molecule has 6 nitrogen and oxygen atoms in total. The van der Waals surface area contributed by atoms with Crippen LogP contribution in [0, 0.1) is 11.8 Å². The molecule has 35 heavy (non-hydrogen) atoms. The Morgan fingerprint density at radius 3 is 2.40 bits per heavy atom. The van der Waals surface area contributed by atoms with Crippen LogP contribution in [0.1, 0.15) is 63.4 Å². The Labute approximate surface area is 204 Å². The van der Waals surface area contributed by atoms with Crippen LogP contribution in [0.15, 0.2) is 24.5 Å². The number of fused-ring (bicyclic) bond motifs is 1. The van der Waals surface area contributed by atoms with Crippen LogP contribution in [-0.2, 0) is 11.0 Å². The summed E-state index contributed by atoms with van der Waals surface area (Å²) in [5.74, 6) is 1.91. The smallest absolute Gasteiger partial charge is 0.360 e. The van der Waals surface area contributed by atoms with Gasteiger partial charge in [-0.15, -0.1) is 0 Å². The lowest BCUT2D eigenvalue weighted by molar-refractivity contribution is -0.137. The summed E-state index contributed by atoms with van der Waals surface area (Å²) in [5, 5.41) is 6.16. The van der Waals surface area contributed by atoms with Gasteiger partial charge in [-0.2, -0.15) is 13.2 Å². The number of likely N-dealkylation sites (tertiary alicyclic amines) is 1. The predicted molar refractivity (Wildman–Crippen MR) is 129 cm³/mol. The second kappa shape index (κ2) is 10.3. The Bertz CT molecular complexity index is 1030. The largest absolute Gasteiger partial charge is 0.416 e. The minimum Gasteiger partial charge on any atom is -0.360 e. The van der Waals surface area contributed by atoms with Crippen molar-refractivity contribution < 1.29 is 18.0 Å². The molecule has 2 saturated carbocycles. The van der Waals surface area contributed by atoms with E-state index in [0.717, 1.165) is 37.1 Å². The minimum absolute atomic E-state index is 0.0502. The van der Waals surface area contributed by atoms with Crippen molar-refractivity contribution in [3.63, 3.8) is 0 Å². The number of nitrogens with one attached hydrogen (secondary N) is 2. The molecule has 0 radical (unpaired) electrons. The van der Waals surface area contributed by atoms with E-state index >= 15 is 0 Å². The number of anilines is 1. The zero-order valence-corrected chi connectivity index (χ0v) is 20.0. The highest BCUT2D eigenvalue weighted by Gasteiger charge is 2.37. The minimum atomic E-state index is -4.45. The number of nitrogens with zero attached hydrogens (tertiary/aromatic N) is 3. The van der Waals surface area contributed by atoms with Gasteiger partial charge in [0.1, 0.15) is 12.1 Å². The van der Waals surface area contributed by atoms with Gasteiger partial charge in [-0.1, -0.05) is 32.1 Å². The van der Waals surface area contributed by atoms with Crippen molar-refractivity contribution in [3.05, 3.63) is 30.1 Å². The Kier molecular flexibility index (Phi) is 7.14. The quantitative estimate of drug-likeness (QED) is 0.598. The van der Waals surface area contributed by atoms with Crippen molar-refractivity contribution in [1.82, 2.24) is 20.2 Å².